The van der Waals surface area contributed by atoms with Crippen molar-refractivity contribution in [3.05, 3.63) is 58.8 Å². The Balaban J connectivity index is 1.87. The van der Waals surface area contributed by atoms with Crippen molar-refractivity contribution < 1.29 is 9.59 Å². The van der Waals surface area contributed by atoms with Gasteiger partial charge in [0.1, 0.15) is 0 Å². The zero-order valence-electron chi connectivity index (χ0n) is 12.4. The summed E-state index contributed by atoms with van der Waals surface area (Å²) in [6.45, 7) is 1.67. The topological polar surface area (TPSA) is 83.5 Å². The second kappa shape index (κ2) is 8.19. The average Bonchev–Trinajstić information content (AvgIpc) is 2.53. The minimum atomic E-state index is -0.371. The Hall–Kier alpha value is -2.54. The van der Waals surface area contributed by atoms with Crippen LogP contribution in [0.1, 0.15) is 23.7 Å². The smallest absolute Gasteiger partial charge is 0.272 e. The molecule has 0 aliphatic rings. The second-order valence-electron chi connectivity index (χ2n) is 4.77. The fourth-order valence-electron chi connectivity index (χ4n) is 1.75. The lowest BCUT2D eigenvalue weighted by atomic mass is 10.2. The van der Waals surface area contributed by atoms with Gasteiger partial charge in [-0.1, -0.05) is 22.0 Å². The van der Waals surface area contributed by atoms with Crippen LogP contribution in [0.25, 0.3) is 0 Å². The average molecular weight is 375 g/mol. The van der Waals surface area contributed by atoms with E-state index >= 15 is 0 Å². The number of hydrazone groups is 1. The first-order valence-electron chi connectivity index (χ1n) is 6.83. The van der Waals surface area contributed by atoms with Crippen molar-refractivity contribution in [2.75, 3.05) is 5.32 Å². The van der Waals surface area contributed by atoms with E-state index in [9.17, 15) is 9.59 Å². The number of pyridine rings is 1. The maximum Gasteiger partial charge on any atom is 0.272 e. The van der Waals surface area contributed by atoms with E-state index in [0.29, 0.717) is 17.0 Å². The highest BCUT2D eigenvalue weighted by Crippen LogP contribution is 2.15. The number of amides is 2. The number of nitrogens with one attached hydrogen (secondary N) is 2. The maximum atomic E-state index is 11.9. The van der Waals surface area contributed by atoms with Crippen LogP contribution >= 0.6 is 15.9 Å². The molecule has 0 unspecified atom stereocenters. The summed E-state index contributed by atoms with van der Waals surface area (Å²) < 4.78 is 0.879. The fourth-order valence-corrected chi connectivity index (χ4v) is 2.15. The molecule has 2 rings (SSSR count). The third-order valence-electron chi connectivity index (χ3n) is 2.80. The Morgan fingerprint density at radius 1 is 1.26 bits per heavy atom. The second-order valence-corrected chi connectivity index (χ2v) is 5.68. The monoisotopic (exact) mass is 374 g/mol. The molecule has 0 radical (unpaired) electrons. The first-order chi connectivity index (χ1) is 11.0. The molecule has 2 aromatic rings. The van der Waals surface area contributed by atoms with Crippen molar-refractivity contribution in [3.63, 3.8) is 0 Å². The van der Waals surface area contributed by atoms with Crippen molar-refractivity contribution in [1.82, 2.24) is 10.4 Å². The number of hydrogen-bond acceptors (Lipinski definition) is 4. The third-order valence-corrected chi connectivity index (χ3v) is 3.29. The van der Waals surface area contributed by atoms with E-state index in [2.05, 4.69) is 36.8 Å². The van der Waals surface area contributed by atoms with Gasteiger partial charge in [0.15, 0.2) is 0 Å². The van der Waals surface area contributed by atoms with Gasteiger partial charge >= 0.3 is 0 Å². The van der Waals surface area contributed by atoms with Crippen molar-refractivity contribution in [2.45, 2.75) is 13.3 Å². The van der Waals surface area contributed by atoms with E-state index in [1.807, 2.05) is 12.1 Å². The first-order valence-corrected chi connectivity index (χ1v) is 7.63. The zero-order valence-corrected chi connectivity index (χ0v) is 14.0. The van der Waals surface area contributed by atoms with Crippen molar-refractivity contribution in [1.29, 1.82) is 0 Å². The van der Waals surface area contributed by atoms with E-state index in [4.69, 9.17) is 0 Å². The van der Waals surface area contributed by atoms with Crippen LogP contribution in [0.3, 0.4) is 0 Å². The van der Waals surface area contributed by atoms with Crippen LogP contribution in [-0.4, -0.2) is 22.5 Å². The highest BCUT2D eigenvalue weighted by molar-refractivity contribution is 9.10. The quantitative estimate of drug-likeness (QED) is 0.623. The van der Waals surface area contributed by atoms with Gasteiger partial charge < -0.3 is 5.32 Å². The Labute approximate surface area is 142 Å². The van der Waals surface area contributed by atoms with E-state index in [-0.39, 0.29) is 18.2 Å². The normalized spacial score (nSPS) is 11.0. The molecule has 0 fully saturated rings. The lowest BCUT2D eigenvalue weighted by Gasteiger charge is -2.06. The van der Waals surface area contributed by atoms with Crippen LogP contribution in [0.15, 0.2) is 58.4 Å². The third kappa shape index (κ3) is 5.63. The summed E-state index contributed by atoms with van der Waals surface area (Å²) in [5.41, 5.74) is 3.99. The van der Waals surface area contributed by atoms with Crippen LogP contribution in [0.4, 0.5) is 5.69 Å². The molecule has 2 amide bonds. The Morgan fingerprint density at radius 3 is 2.78 bits per heavy atom. The minimum Gasteiger partial charge on any atom is -0.326 e. The lowest BCUT2D eigenvalue weighted by molar-refractivity contribution is -0.115. The standard InChI is InChI=1S/C16H15BrN4O2/c1-11(20-21-16(23)12-4-3-7-18-10-12)8-15(22)19-14-6-2-5-13(17)9-14/h2-7,9-10H,8H2,1H3,(H,19,22)(H,21,23)/b20-11-. The Bertz CT molecular complexity index is 732. The molecule has 0 atom stereocenters. The molecule has 7 heteroatoms. The molecule has 118 valence electrons. The summed E-state index contributed by atoms with van der Waals surface area (Å²) in [5.74, 6) is -0.579. The van der Waals surface area contributed by atoms with Gasteiger partial charge in [0.05, 0.1) is 12.0 Å². The molecule has 1 aromatic heterocycles. The number of benzene rings is 1. The van der Waals surface area contributed by atoms with E-state index in [1.165, 1.54) is 6.20 Å². The van der Waals surface area contributed by atoms with Crippen LogP contribution < -0.4 is 10.7 Å². The van der Waals surface area contributed by atoms with Gasteiger partial charge in [-0.3, -0.25) is 14.6 Å². The highest BCUT2D eigenvalue weighted by Gasteiger charge is 2.07. The van der Waals surface area contributed by atoms with E-state index < -0.39 is 0 Å². The number of anilines is 1. The summed E-state index contributed by atoms with van der Waals surface area (Å²) in [4.78, 5) is 27.6. The number of rotatable bonds is 5. The summed E-state index contributed by atoms with van der Waals surface area (Å²) >= 11 is 3.34. The Kier molecular flexibility index (Phi) is 5.99. The number of hydrogen-bond donors (Lipinski definition) is 2. The maximum absolute atomic E-state index is 11.9. The first kappa shape index (κ1) is 16.8. The van der Waals surface area contributed by atoms with Crippen LogP contribution in [0.2, 0.25) is 0 Å². The van der Waals surface area contributed by atoms with E-state index in [1.54, 1.807) is 37.4 Å². The van der Waals surface area contributed by atoms with Gasteiger partial charge in [-0.2, -0.15) is 5.10 Å². The summed E-state index contributed by atoms with van der Waals surface area (Å²) in [6, 6.07) is 10.6. The van der Waals surface area contributed by atoms with Crippen LogP contribution in [0.5, 0.6) is 0 Å². The number of halogens is 1. The predicted octanol–water partition coefficient (Wildman–Crippen LogP) is 2.98. The van der Waals surface area contributed by atoms with Gasteiger partial charge in [-0.25, -0.2) is 5.43 Å². The molecular formula is C16H15BrN4O2. The molecule has 2 N–H and O–H groups in total. The van der Waals surface area contributed by atoms with Crippen molar-refractivity contribution >= 4 is 39.1 Å². The molecule has 1 aromatic carbocycles. The van der Waals surface area contributed by atoms with Gasteiger partial charge in [-0.05, 0) is 37.3 Å². The Morgan fingerprint density at radius 2 is 2.09 bits per heavy atom. The van der Waals surface area contributed by atoms with Crippen LogP contribution in [-0.2, 0) is 4.79 Å². The number of carbonyl (C=O) groups excluding carboxylic acids is 2. The molecule has 0 saturated carbocycles. The molecule has 23 heavy (non-hydrogen) atoms. The largest absolute Gasteiger partial charge is 0.326 e. The SMILES string of the molecule is C/C(CC(=O)Nc1cccc(Br)c1)=N/NC(=O)c1cccnc1. The molecule has 1 heterocycles. The van der Waals surface area contributed by atoms with Gasteiger partial charge in [-0.15, -0.1) is 0 Å². The molecule has 0 aliphatic carbocycles. The predicted molar refractivity (Wildman–Crippen MR) is 92.2 cm³/mol. The molecule has 0 saturated heterocycles. The van der Waals surface area contributed by atoms with Crippen LogP contribution in [0, 0.1) is 0 Å². The van der Waals surface area contributed by atoms with Crippen molar-refractivity contribution in [3.8, 4) is 0 Å². The van der Waals surface area contributed by atoms with Gasteiger partial charge in [0.25, 0.3) is 5.91 Å². The highest BCUT2D eigenvalue weighted by atomic mass is 79.9. The van der Waals surface area contributed by atoms with Crippen molar-refractivity contribution in [2.24, 2.45) is 5.10 Å². The lowest BCUT2D eigenvalue weighted by Crippen LogP contribution is -2.21. The zero-order chi connectivity index (χ0) is 16.7. The number of aromatic nitrogens is 1. The molecule has 0 spiro atoms. The molecule has 6 nitrogen and oxygen atoms in total. The molecule has 0 aliphatic heterocycles. The van der Waals surface area contributed by atoms with Gasteiger partial charge in [0.2, 0.25) is 5.91 Å². The number of nitrogens with zero attached hydrogens (tertiary/aromatic N) is 2. The molecule has 0 bridgehead atoms. The van der Waals surface area contributed by atoms with E-state index in [0.717, 1.165) is 4.47 Å². The van der Waals surface area contributed by atoms with Gasteiger partial charge in [0, 0.05) is 28.3 Å². The molecular weight excluding hydrogens is 360 g/mol. The summed E-state index contributed by atoms with van der Waals surface area (Å²) in [7, 11) is 0. The summed E-state index contributed by atoms with van der Waals surface area (Å²) in [5, 5.41) is 6.68. The fraction of sp³-hybridized carbons (Fsp3) is 0.125. The summed E-state index contributed by atoms with van der Waals surface area (Å²) in [6.07, 6.45) is 3.11. The minimum absolute atomic E-state index is 0.0832. The number of carbonyl (C=O) groups is 2.